The summed E-state index contributed by atoms with van der Waals surface area (Å²) in [5.74, 6) is 1.29. The van der Waals surface area contributed by atoms with E-state index < -0.39 is 5.63 Å². The summed E-state index contributed by atoms with van der Waals surface area (Å²) in [6.07, 6.45) is 5.31. The summed E-state index contributed by atoms with van der Waals surface area (Å²) in [6.45, 7) is 0. The zero-order valence-corrected chi connectivity index (χ0v) is 17.1. The molecule has 1 unspecified atom stereocenters. The van der Waals surface area contributed by atoms with Crippen LogP contribution in [0.3, 0.4) is 0 Å². The van der Waals surface area contributed by atoms with Crippen LogP contribution in [0.15, 0.2) is 107 Å². The van der Waals surface area contributed by atoms with E-state index in [1.54, 1.807) is 18.6 Å². The van der Waals surface area contributed by atoms with Crippen molar-refractivity contribution in [2.45, 2.75) is 6.04 Å². The van der Waals surface area contributed by atoms with E-state index in [-0.39, 0.29) is 6.04 Å². The Bertz CT molecular complexity index is 1380. The van der Waals surface area contributed by atoms with E-state index in [1.165, 1.54) is 6.07 Å². The van der Waals surface area contributed by atoms with Crippen LogP contribution in [-0.4, -0.2) is 9.55 Å². The first kappa shape index (κ1) is 19.2. The van der Waals surface area contributed by atoms with Crippen LogP contribution in [0.2, 0.25) is 5.02 Å². The molecule has 0 saturated carbocycles. The van der Waals surface area contributed by atoms with E-state index in [0.29, 0.717) is 22.1 Å². The van der Waals surface area contributed by atoms with E-state index >= 15 is 0 Å². The van der Waals surface area contributed by atoms with Gasteiger partial charge >= 0.3 is 5.63 Å². The SMILES string of the molecule is O=c1cc(C(c2ccc(Cl)cc2)n2ccnc2)c2ccc(Oc3ccccc3)cc2o1. The number of rotatable bonds is 5. The maximum Gasteiger partial charge on any atom is 0.336 e. The summed E-state index contributed by atoms with van der Waals surface area (Å²) < 4.78 is 13.4. The number of aromatic nitrogens is 2. The second-order valence-electron chi connectivity index (χ2n) is 7.06. The molecule has 0 aliphatic carbocycles. The van der Waals surface area contributed by atoms with Crippen molar-refractivity contribution in [3.63, 3.8) is 0 Å². The first-order chi connectivity index (χ1) is 15.2. The molecule has 5 rings (SSSR count). The zero-order valence-electron chi connectivity index (χ0n) is 16.3. The summed E-state index contributed by atoms with van der Waals surface area (Å²) >= 11 is 6.09. The molecule has 0 aliphatic heterocycles. The van der Waals surface area contributed by atoms with E-state index in [9.17, 15) is 4.79 Å². The molecule has 0 amide bonds. The van der Waals surface area contributed by atoms with Gasteiger partial charge in [-0.1, -0.05) is 41.9 Å². The topological polar surface area (TPSA) is 57.3 Å². The third-order valence-electron chi connectivity index (χ3n) is 5.03. The lowest BCUT2D eigenvalue weighted by Gasteiger charge is -2.21. The number of hydrogen-bond acceptors (Lipinski definition) is 4. The fourth-order valence-corrected chi connectivity index (χ4v) is 3.79. The fourth-order valence-electron chi connectivity index (χ4n) is 3.66. The highest BCUT2D eigenvalue weighted by molar-refractivity contribution is 6.30. The molecule has 1 atom stereocenters. The molecule has 0 saturated heterocycles. The van der Waals surface area contributed by atoms with Crippen LogP contribution in [0.4, 0.5) is 0 Å². The normalized spacial score (nSPS) is 12.0. The van der Waals surface area contributed by atoms with Crippen LogP contribution >= 0.6 is 11.6 Å². The van der Waals surface area contributed by atoms with Gasteiger partial charge in [-0.2, -0.15) is 0 Å². The average Bonchev–Trinajstić information content (AvgIpc) is 3.30. The van der Waals surface area contributed by atoms with Gasteiger partial charge in [0.1, 0.15) is 17.1 Å². The first-order valence-electron chi connectivity index (χ1n) is 9.71. The highest BCUT2D eigenvalue weighted by atomic mass is 35.5. The molecule has 152 valence electrons. The fraction of sp³-hybridized carbons (Fsp3) is 0.0400. The largest absolute Gasteiger partial charge is 0.457 e. The highest BCUT2D eigenvalue weighted by Gasteiger charge is 2.21. The Morgan fingerprint density at radius 2 is 1.74 bits per heavy atom. The molecule has 0 N–H and O–H groups in total. The Morgan fingerprint density at radius 3 is 2.48 bits per heavy atom. The third kappa shape index (κ3) is 3.96. The average molecular weight is 429 g/mol. The molecule has 0 spiro atoms. The molecule has 2 heterocycles. The van der Waals surface area contributed by atoms with Gasteiger partial charge in [0.25, 0.3) is 0 Å². The Kier molecular flexibility index (Phi) is 5.02. The monoisotopic (exact) mass is 428 g/mol. The van der Waals surface area contributed by atoms with Crippen molar-refractivity contribution >= 4 is 22.6 Å². The van der Waals surface area contributed by atoms with Crippen LogP contribution < -0.4 is 10.4 Å². The van der Waals surface area contributed by atoms with E-state index in [4.69, 9.17) is 20.8 Å². The number of fused-ring (bicyclic) bond motifs is 1. The molecule has 3 aromatic carbocycles. The lowest BCUT2D eigenvalue weighted by molar-refractivity contribution is 0.480. The van der Waals surface area contributed by atoms with Crippen molar-refractivity contribution in [1.29, 1.82) is 0 Å². The van der Waals surface area contributed by atoms with Gasteiger partial charge in [-0.15, -0.1) is 0 Å². The summed E-state index contributed by atoms with van der Waals surface area (Å²) in [7, 11) is 0. The maximum absolute atomic E-state index is 12.5. The van der Waals surface area contributed by atoms with Crippen molar-refractivity contribution < 1.29 is 9.15 Å². The molecule has 5 aromatic rings. The molecule has 0 radical (unpaired) electrons. The number of ether oxygens (including phenoxy) is 1. The number of imidazole rings is 1. The van der Waals surface area contributed by atoms with Crippen LogP contribution in [0.1, 0.15) is 17.2 Å². The standard InChI is InChI=1S/C25H17ClN2O3/c26-18-8-6-17(7-9-18)25(28-13-12-27-16-28)22-15-24(29)31-23-14-20(10-11-21(22)23)30-19-4-2-1-3-5-19/h1-16,25H. The van der Waals surface area contributed by atoms with Crippen molar-refractivity contribution in [2.24, 2.45) is 0 Å². The number of para-hydroxylation sites is 1. The molecule has 5 nitrogen and oxygen atoms in total. The Balaban J connectivity index is 1.65. The van der Waals surface area contributed by atoms with Crippen molar-refractivity contribution in [3.05, 3.63) is 124 Å². The van der Waals surface area contributed by atoms with Gasteiger partial charge in [0.2, 0.25) is 0 Å². The Morgan fingerprint density at radius 1 is 0.935 bits per heavy atom. The Labute approximate surface area is 183 Å². The smallest absolute Gasteiger partial charge is 0.336 e. The minimum atomic E-state index is -0.432. The van der Waals surface area contributed by atoms with Gasteiger partial charge < -0.3 is 13.7 Å². The van der Waals surface area contributed by atoms with Gasteiger partial charge in [-0.3, -0.25) is 0 Å². The van der Waals surface area contributed by atoms with Crippen LogP contribution in [0.5, 0.6) is 11.5 Å². The number of benzene rings is 3. The van der Waals surface area contributed by atoms with E-state index in [2.05, 4.69) is 4.98 Å². The van der Waals surface area contributed by atoms with Gasteiger partial charge in [-0.05, 0) is 47.5 Å². The highest BCUT2D eigenvalue weighted by Crippen LogP contribution is 2.34. The molecule has 0 aliphatic rings. The molecular weight excluding hydrogens is 412 g/mol. The second-order valence-corrected chi connectivity index (χ2v) is 7.49. The van der Waals surface area contributed by atoms with Crippen molar-refractivity contribution in [1.82, 2.24) is 9.55 Å². The molecule has 0 bridgehead atoms. The summed E-state index contributed by atoms with van der Waals surface area (Å²) in [5, 5.41) is 1.46. The van der Waals surface area contributed by atoms with Crippen molar-refractivity contribution in [3.8, 4) is 11.5 Å². The predicted molar refractivity (Wildman–Crippen MR) is 120 cm³/mol. The molecular formula is C25H17ClN2O3. The van der Waals surface area contributed by atoms with Gasteiger partial charge in [0.05, 0.1) is 12.4 Å². The quantitative estimate of drug-likeness (QED) is 0.319. The minimum absolute atomic E-state index is 0.271. The number of halogens is 1. The third-order valence-corrected chi connectivity index (χ3v) is 5.28. The summed E-state index contributed by atoms with van der Waals surface area (Å²) in [4.78, 5) is 16.7. The van der Waals surface area contributed by atoms with Crippen LogP contribution in [-0.2, 0) is 0 Å². The van der Waals surface area contributed by atoms with Gasteiger partial charge in [0.15, 0.2) is 0 Å². The zero-order chi connectivity index (χ0) is 21.2. The molecule has 31 heavy (non-hydrogen) atoms. The van der Waals surface area contributed by atoms with E-state index in [1.807, 2.05) is 77.5 Å². The summed E-state index contributed by atoms with van der Waals surface area (Å²) in [6, 6.07) is 23.8. The van der Waals surface area contributed by atoms with Gasteiger partial charge in [-0.25, -0.2) is 9.78 Å². The Hall–Kier alpha value is -3.83. The number of nitrogens with zero attached hydrogens (tertiary/aromatic N) is 2. The lowest BCUT2D eigenvalue weighted by Crippen LogP contribution is -2.14. The number of hydrogen-bond donors (Lipinski definition) is 0. The maximum atomic E-state index is 12.5. The van der Waals surface area contributed by atoms with Gasteiger partial charge in [0, 0.05) is 34.9 Å². The lowest BCUT2D eigenvalue weighted by atomic mass is 9.96. The molecule has 0 fully saturated rings. The minimum Gasteiger partial charge on any atom is -0.457 e. The predicted octanol–water partition coefficient (Wildman–Crippen LogP) is 6.07. The van der Waals surface area contributed by atoms with Crippen LogP contribution in [0.25, 0.3) is 11.0 Å². The van der Waals surface area contributed by atoms with Crippen LogP contribution in [0, 0.1) is 0 Å². The van der Waals surface area contributed by atoms with E-state index in [0.717, 1.165) is 16.5 Å². The van der Waals surface area contributed by atoms with Crippen molar-refractivity contribution in [2.75, 3.05) is 0 Å². The molecule has 6 heteroatoms. The molecule has 2 aromatic heterocycles. The summed E-state index contributed by atoms with van der Waals surface area (Å²) in [5.41, 5.74) is 1.80. The first-order valence-corrected chi connectivity index (χ1v) is 10.1. The second kappa shape index (κ2) is 8.13.